The van der Waals surface area contributed by atoms with E-state index in [2.05, 4.69) is 15.6 Å². The molecule has 7 nitrogen and oxygen atoms in total. The lowest BCUT2D eigenvalue weighted by Crippen LogP contribution is -2.27. The Kier molecular flexibility index (Phi) is 8.12. The molecule has 2 N–H and O–H groups in total. The first-order valence-electron chi connectivity index (χ1n) is 10.0. The third-order valence-electron chi connectivity index (χ3n) is 4.65. The molecule has 2 amide bonds. The van der Waals surface area contributed by atoms with Gasteiger partial charge in [0.05, 0.1) is 24.1 Å². The van der Waals surface area contributed by atoms with Crippen molar-refractivity contribution in [3.63, 3.8) is 0 Å². The first kappa shape index (κ1) is 22.4. The van der Waals surface area contributed by atoms with Crippen LogP contribution in [0.5, 0.6) is 5.75 Å². The molecule has 0 unspecified atom stereocenters. The zero-order chi connectivity index (χ0) is 22.1. The van der Waals surface area contributed by atoms with Crippen LogP contribution in [0, 0.1) is 0 Å². The van der Waals surface area contributed by atoms with E-state index in [1.165, 1.54) is 11.8 Å². The minimum absolute atomic E-state index is 0.186. The highest BCUT2D eigenvalue weighted by Crippen LogP contribution is 2.19. The number of rotatable bonds is 10. The maximum Gasteiger partial charge on any atom is 0.253 e. The molecule has 3 aromatic rings. The highest BCUT2D eigenvalue weighted by molar-refractivity contribution is 7.99. The van der Waals surface area contributed by atoms with E-state index in [4.69, 9.17) is 4.74 Å². The summed E-state index contributed by atoms with van der Waals surface area (Å²) in [5.41, 5.74) is 2.03. The monoisotopic (exact) mass is 438 g/mol. The summed E-state index contributed by atoms with van der Waals surface area (Å²) in [6.07, 6.45) is 4.30. The number of methoxy groups -OCH3 is 1. The normalized spacial score (nSPS) is 10.5. The van der Waals surface area contributed by atoms with Crippen LogP contribution in [0.4, 0.5) is 5.69 Å². The van der Waals surface area contributed by atoms with Crippen LogP contribution in [0.2, 0.25) is 0 Å². The number of para-hydroxylation sites is 1. The van der Waals surface area contributed by atoms with Gasteiger partial charge in [0.2, 0.25) is 5.91 Å². The van der Waals surface area contributed by atoms with Crippen molar-refractivity contribution < 1.29 is 14.3 Å². The fraction of sp³-hybridized carbons (Fsp3) is 0.261. The summed E-state index contributed by atoms with van der Waals surface area (Å²) in [5.74, 6) is 0.603. The van der Waals surface area contributed by atoms with Gasteiger partial charge in [-0.2, -0.15) is 0 Å². The van der Waals surface area contributed by atoms with Gasteiger partial charge in [0, 0.05) is 25.5 Å². The van der Waals surface area contributed by atoms with Crippen molar-refractivity contribution in [1.82, 2.24) is 14.9 Å². The number of aryl methyl sites for hydroxylation is 1. The van der Waals surface area contributed by atoms with E-state index < -0.39 is 0 Å². The Labute approximate surface area is 186 Å². The number of carbonyl (C=O) groups excluding carboxylic acids is 2. The quantitative estimate of drug-likeness (QED) is 0.472. The molecule has 0 aliphatic heterocycles. The number of nitrogens with zero attached hydrogens (tertiary/aromatic N) is 2. The van der Waals surface area contributed by atoms with Crippen molar-refractivity contribution in [2.45, 2.75) is 25.0 Å². The van der Waals surface area contributed by atoms with Crippen LogP contribution < -0.4 is 15.4 Å². The van der Waals surface area contributed by atoms with Crippen LogP contribution in [0.1, 0.15) is 22.8 Å². The van der Waals surface area contributed by atoms with Gasteiger partial charge in [0.15, 0.2) is 5.16 Å². The maximum absolute atomic E-state index is 12.7. The van der Waals surface area contributed by atoms with E-state index in [1.54, 1.807) is 37.6 Å². The molecular weight excluding hydrogens is 412 g/mol. The molecular formula is C23H26N4O3S. The molecule has 2 aromatic carbocycles. The number of thioether (sulfide) groups is 1. The van der Waals surface area contributed by atoms with Gasteiger partial charge in [-0.15, -0.1) is 0 Å². The van der Waals surface area contributed by atoms with Crippen LogP contribution in [-0.2, 0) is 17.8 Å². The lowest BCUT2D eigenvalue weighted by molar-refractivity contribution is -0.113. The Morgan fingerprint density at radius 2 is 1.90 bits per heavy atom. The molecule has 0 saturated heterocycles. The number of amides is 2. The van der Waals surface area contributed by atoms with Gasteiger partial charge in [-0.3, -0.25) is 9.59 Å². The van der Waals surface area contributed by atoms with Gasteiger partial charge < -0.3 is 19.9 Å². The Balaban J connectivity index is 1.53. The Morgan fingerprint density at radius 3 is 2.65 bits per heavy atom. The van der Waals surface area contributed by atoms with E-state index in [-0.39, 0.29) is 17.6 Å². The molecule has 1 aromatic heterocycles. The lowest BCUT2D eigenvalue weighted by atomic mass is 10.1. The van der Waals surface area contributed by atoms with E-state index >= 15 is 0 Å². The van der Waals surface area contributed by atoms with E-state index in [0.717, 1.165) is 23.0 Å². The minimum atomic E-state index is -0.224. The molecule has 0 atom stereocenters. The summed E-state index contributed by atoms with van der Waals surface area (Å²) in [4.78, 5) is 29.3. The van der Waals surface area contributed by atoms with Gasteiger partial charge >= 0.3 is 0 Å². The van der Waals surface area contributed by atoms with Crippen LogP contribution in [0.25, 0.3) is 0 Å². The molecule has 0 fully saturated rings. The third kappa shape index (κ3) is 6.36. The number of aromatic nitrogens is 2. The smallest absolute Gasteiger partial charge is 0.253 e. The number of benzene rings is 2. The molecule has 0 radical (unpaired) electrons. The lowest BCUT2D eigenvalue weighted by Gasteiger charge is -2.12. The number of hydrogen-bond donors (Lipinski definition) is 2. The predicted octanol–water partition coefficient (Wildman–Crippen LogP) is 3.61. The molecule has 1 heterocycles. The average molecular weight is 439 g/mol. The second kappa shape index (κ2) is 11.2. The topological polar surface area (TPSA) is 85.2 Å². The summed E-state index contributed by atoms with van der Waals surface area (Å²) in [6, 6.07) is 14.7. The maximum atomic E-state index is 12.7. The van der Waals surface area contributed by atoms with Crippen molar-refractivity contribution in [2.24, 2.45) is 0 Å². The van der Waals surface area contributed by atoms with Crippen molar-refractivity contribution in [3.8, 4) is 5.75 Å². The van der Waals surface area contributed by atoms with E-state index in [1.807, 2.05) is 42.0 Å². The Hall–Kier alpha value is -3.26. The molecule has 31 heavy (non-hydrogen) atoms. The summed E-state index contributed by atoms with van der Waals surface area (Å²) in [7, 11) is 1.63. The first-order chi connectivity index (χ1) is 15.1. The van der Waals surface area contributed by atoms with Crippen LogP contribution >= 0.6 is 11.8 Å². The highest BCUT2D eigenvalue weighted by atomic mass is 32.2. The zero-order valence-electron chi connectivity index (χ0n) is 17.6. The zero-order valence-corrected chi connectivity index (χ0v) is 18.4. The van der Waals surface area contributed by atoms with E-state index in [0.29, 0.717) is 24.2 Å². The molecule has 0 aliphatic carbocycles. The summed E-state index contributed by atoms with van der Waals surface area (Å²) in [5, 5.41) is 6.55. The molecule has 3 rings (SSSR count). The second-order valence-corrected chi connectivity index (χ2v) is 7.67. The average Bonchev–Trinajstić information content (AvgIpc) is 3.26. The van der Waals surface area contributed by atoms with Crippen LogP contribution in [0.3, 0.4) is 0 Å². The number of imidazole rings is 1. The number of nitrogens with one attached hydrogen (secondary N) is 2. The number of anilines is 1. The van der Waals surface area contributed by atoms with E-state index in [9.17, 15) is 9.59 Å². The fourth-order valence-electron chi connectivity index (χ4n) is 2.99. The summed E-state index contributed by atoms with van der Waals surface area (Å²) < 4.78 is 7.13. The minimum Gasteiger partial charge on any atom is -0.497 e. The number of ether oxygens (including phenoxy) is 1. The van der Waals surface area contributed by atoms with Gasteiger partial charge in [0.1, 0.15) is 5.75 Å². The summed E-state index contributed by atoms with van der Waals surface area (Å²) in [6.45, 7) is 3.31. The second-order valence-electron chi connectivity index (χ2n) is 6.73. The van der Waals surface area contributed by atoms with Crippen molar-refractivity contribution in [3.05, 3.63) is 72.1 Å². The number of carbonyl (C=O) groups is 2. The molecule has 0 spiro atoms. The largest absolute Gasteiger partial charge is 0.497 e. The van der Waals surface area contributed by atoms with Crippen LogP contribution in [-0.4, -0.2) is 40.8 Å². The summed E-state index contributed by atoms with van der Waals surface area (Å²) >= 11 is 1.36. The third-order valence-corrected chi connectivity index (χ3v) is 5.66. The fourth-order valence-corrected chi connectivity index (χ4v) is 3.81. The van der Waals surface area contributed by atoms with Crippen molar-refractivity contribution in [1.29, 1.82) is 0 Å². The molecule has 8 heteroatoms. The first-order valence-corrected chi connectivity index (χ1v) is 11.0. The Bertz CT molecular complexity index is 1020. The van der Waals surface area contributed by atoms with Crippen LogP contribution in [0.15, 0.2) is 66.1 Å². The molecule has 0 saturated carbocycles. The van der Waals surface area contributed by atoms with Gasteiger partial charge in [0.25, 0.3) is 5.91 Å². The molecule has 0 aliphatic rings. The predicted molar refractivity (Wildman–Crippen MR) is 123 cm³/mol. The number of hydrogen-bond acceptors (Lipinski definition) is 5. The standard InChI is InChI=1S/C23H26N4O3S/c1-3-27-15-14-25-23(27)31-16-21(28)26-20-7-5-4-6-19(20)22(29)24-13-12-17-8-10-18(30-2)11-9-17/h4-11,14-15H,3,12-13,16H2,1-2H3,(H,24,29)(H,26,28). The van der Waals surface area contributed by atoms with Gasteiger partial charge in [-0.1, -0.05) is 36.0 Å². The SMILES string of the molecule is CCn1ccnc1SCC(=O)Nc1ccccc1C(=O)NCCc1ccc(OC)cc1. The van der Waals surface area contributed by atoms with Gasteiger partial charge in [-0.25, -0.2) is 4.98 Å². The molecule has 0 bridgehead atoms. The Morgan fingerprint density at radius 1 is 1.13 bits per heavy atom. The van der Waals surface area contributed by atoms with Crippen molar-refractivity contribution in [2.75, 3.05) is 24.7 Å². The van der Waals surface area contributed by atoms with Gasteiger partial charge in [-0.05, 0) is 43.2 Å². The molecule has 162 valence electrons. The highest BCUT2D eigenvalue weighted by Gasteiger charge is 2.14. The van der Waals surface area contributed by atoms with Crippen molar-refractivity contribution >= 4 is 29.3 Å².